The lowest BCUT2D eigenvalue weighted by atomic mass is 9.96. The highest BCUT2D eigenvalue weighted by atomic mass is 16.5. The highest BCUT2D eigenvalue weighted by Gasteiger charge is 2.31. The average Bonchev–Trinajstić information content (AvgIpc) is 3.39. The first-order valence-corrected chi connectivity index (χ1v) is 9.62. The molecule has 3 aliphatic rings. The van der Waals surface area contributed by atoms with Crippen molar-refractivity contribution < 1.29 is 9.32 Å². The number of amides is 1. The van der Waals surface area contributed by atoms with Gasteiger partial charge in [0.1, 0.15) is 5.76 Å². The third-order valence-electron chi connectivity index (χ3n) is 5.66. The lowest BCUT2D eigenvalue weighted by Crippen LogP contribution is -2.52. The van der Waals surface area contributed by atoms with Crippen LogP contribution in [-0.4, -0.2) is 40.9 Å². The van der Waals surface area contributed by atoms with Crippen molar-refractivity contribution in [1.82, 2.24) is 20.7 Å². The fraction of sp³-hybridized carbons (Fsp3) is 0.579. The molecule has 0 unspecified atom stereocenters. The van der Waals surface area contributed by atoms with Crippen LogP contribution in [0.15, 0.2) is 16.7 Å². The van der Waals surface area contributed by atoms with Crippen LogP contribution in [0.3, 0.4) is 0 Å². The molecule has 7 heteroatoms. The Labute approximate surface area is 152 Å². The minimum atomic E-state index is -0.107. The number of aryl methyl sites for hydroxylation is 1. The molecule has 2 aromatic rings. The van der Waals surface area contributed by atoms with Gasteiger partial charge in [-0.25, -0.2) is 0 Å². The standard InChI is InChI=1S/C19H23N5O2/c25-19(18-14-3-1-2-4-16(14)26-23-18)20-9-12-10-24(11-12)17-8-7-15(21-22-17)13-5-6-13/h7-8,12-13H,1-6,9-11H2,(H,20,25). The highest BCUT2D eigenvalue weighted by molar-refractivity contribution is 5.93. The van der Waals surface area contributed by atoms with E-state index >= 15 is 0 Å². The molecular formula is C19H23N5O2. The summed E-state index contributed by atoms with van der Waals surface area (Å²) in [5.74, 6) is 2.79. The van der Waals surface area contributed by atoms with E-state index in [1.807, 2.05) is 0 Å². The fourth-order valence-electron chi connectivity index (χ4n) is 3.87. The average molecular weight is 353 g/mol. The van der Waals surface area contributed by atoms with Gasteiger partial charge in [0.15, 0.2) is 11.5 Å². The van der Waals surface area contributed by atoms with Crippen molar-refractivity contribution in [3.63, 3.8) is 0 Å². The van der Waals surface area contributed by atoms with E-state index in [0.29, 0.717) is 24.1 Å². The van der Waals surface area contributed by atoms with Crippen LogP contribution in [0, 0.1) is 5.92 Å². The zero-order valence-electron chi connectivity index (χ0n) is 14.8. The van der Waals surface area contributed by atoms with Crippen molar-refractivity contribution in [2.75, 3.05) is 24.5 Å². The molecule has 1 N–H and O–H groups in total. The summed E-state index contributed by atoms with van der Waals surface area (Å²) in [5, 5.41) is 15.7. The molecule has 1 amide bonds. The van der Waals surface area contributed by atoms with Crippen LogP contribution in [0.1, 0.15) is 59.1 Å². The van der Waals surface area contributed by atoms with Crippen molar-refractivity contribution in [1.29, 1.82) is 0 Å². The van der Waals surface area contributed by atoms with Gasteiger partial charge in [-0.1, -0.05) is 5.16 Å². The van der Waals surface area contributed by atoms with Gasteiger partial charge < -0.3 is 14.7 Å². The van der Waals surface area contributed by atoms with E-state index in [-0.39, 0.29) is 5.91 Å². The molecule has 2 aliphatic carbocycles. The Morgan fingerprint density at radius 2 is 2.04 bits per heavy atom. The minimum Gasteiger partial charge on any atom is -0.360 e. The zero-order valence-corrected chi connectivity index (χ0v) is 14.8. The second-order valence-electron chi connectivity index (χ2n) is 7.71. The number of aromatic nitrogens is 3. The van der Waals surface area contributed by atoms with Crippen LogP contribution >= 0.6 is 0 Å². The summed E-state index contributed by atoms with van der Waals surface area (Å²) < 4.78 is 5.33. The Kier molecular flexibility index (Phi) is 3.87. The topological polar surface area (TPSA) is 84.2 Å². The molecule has 0 radical (unpaired) electrons. The predicted molar refractivity (Wildman–Crippen MR) is 95.2 cm³/mol. The molecule has 136 valence electrons. The fourth-order valence-corrected chi connectivity index (χ4v) is 3.87. The summed E-state index contributed by atoms with van der Waals surface area (Å²) >= 11 is 0. The molecule has 2 fully saturated rings. The van der Waals surface area contributed by atoms with Crippen LogP contribution in [0.4, 0.5) is 5.82 Å². The van der Waals surface area contributed by atoms with E-state index < -0.39 is 0 Å². The number of fused-ring (bicyclic) bond motifs is 1. The number of nitrogens with zero attached hydrogens (tertiary/aromatic N) is 4. The number of anilines is 1. The summed E-state index contributed by atoms with van der Waals surface area (Å²) in [6.07, 6.45) is 6.50. The minimum absolute atomic E-state index is 0.107. The molecule has 1 aliphatic heterocycles. The molecule has 2 aromatic heterocycles. The van der Waals surface area contributed by atoms with Gasteiger partial charge in [-0.05, 0) is 44.2 Å². The van der Waals surface area contributed by atoms with Gasteiger partial charge in [0.25, 0.3) is 5.91 Å². The smallest absolute Gasteiger partial charge is 0.273 e. The van der Waals surface area contributed by atoms with Gasteiger partial charge >= 0.3 is 0 Å². The van der Waals surface area contributed by atoms with Crippen LogP contribution < -0.4 is 10.2 Å². The van der Waals surface area contributed by atoms with E-state index in [1.54, 1.807) is 0 Å². The van der Waals surface area contributed by atoms with Crippen molar-refractivity contribution in [2.24, 2.45) is 5.92 Å². The number of rotatable bonds is 5. The third-order valence-corrected chi connectivity index (χ3v) is 5.66. The lowest BCUT2D eigenvalue weighted by molar-refractivity contribution is 0.0934. The van der Waals surface area contributed by atoms with Gasteiger partial charge in [-0.15, -0.1) is 5.10 Å². The second-order valence-corrected chi connectivity index (χ2v) is 7.71. The second kappa shape index (κ2) is 6.37. The quantitative estimate of drug-likeness (QED) is 0.886. The van der Waals surface area contributed by atoms with Crippen LogP contribution in [0.5, 0.6) is 0 Å². The maximum absolute atomic E-state index is 12.4. The molecule has 0 bridgehead atoms. The number of carbonyl (C=O) groups excluding carboxylic acids is 1. The Hall–Kier alpha value is -2.44. The zero-order chi connectivity index (χ0) is 17.5. The van der Waals surface area contributed by atoms with Crippen molar-refractivity contribution in [3.05, 3.63) is 34.8 Å². The van der Waals surface area contributed by atoms with E-state index in [4.69, 9.17) is 4.52 Å². The van der Waals surface area contributed by atoms with Gasteiger partial charge in [0, 0.05) is 43.5 Å². The Balaban J connectivity index is 1.12. The molecule has 26 heavy (non-hydrogen) atoms. The van der Waals surface area contributed by atoms with Crippen LogP contribution in [0.2, 0.25) is 0 Å². The van der Waals surface area contributed by atoms with Crippen LogP contribution in [0.25, 0.3) is 0 Å². The third kappa shape index (κ3) is 2.95. The molecule has 5 rings (SSSR count). The highest BCUT2D eigenvalue weighted by Crippen LogP contribution is 2.39. The molecule has 0 atom stereocenters. The number of hydrogen-bond donors (Lipinski definition) is 1. The first-order valence-electron chi connectivity index (χ1n) is 9.62. The summed E-state index contributed by atoms with van der Waals surface area (Å²) in [6.45, 7) is 2.45. The SMILES string of the molecule is O=C(NCC1CN(c2ccc(C3CC3)nn2)C1)c1noc2c1CCCC2. The normalized spacial score (nSPS) is 19.8. The molecule has 1 saturated heterocycles. The van der Waals surface area contributed by atoms with Gasteiger partial charge in [0.2, 0.25) is 0 Å². The lowest BCUT2D eigenvalue weighted by Gasteiger charge is -2.39. The first kappa shape index (κ1) is 15.8. The van der Waals surface area contributed by atoms with E-state index in [1.165, 1.54) is 12.8 Å². The molecule has 7 nitrogen and oxygen atoms in total. The van der Waals surface area contributed by atoms with E-state index in [2.05, 4.69) is 37.7 Å². The molecule has 0 spiro atoms. The maximum Gasteiger partial charge on any atom is 0.273 e. The number of carbonyl (C=O) groups is 1. The van der Waals surface area contributed by atoms with Gasteiger partial charge in [-0.2, -0.15) is 5.10 Å². The largest absolute Gasteiger partial charge is 0.360 e. The summed E-state index contributed by atoms with van der Waals surface area (Å²) in [7, 11) is 0. The number of hydrogen-bond acceptors (Lipinski definition) is 6. The Bertz CT molecular complexity index is 806. The molecule has 1 saturated carbocycles. The summed E-state index contributed by atoms with van der Waals surface area (Å²) in [4.78, 5) is 14.6. The first-order chi connectivity index (χ1) is 12.8. The summed E-state index contributed by atoms with van der Waals surface area (Å²) in [6, 6.07) is 4.17. The van der Waals surface area contributed by atoms with E-state index in [0.717, 1.165) is 61.6 Å². The van der Waals surface area contributed by atoms with Crippen LogP contribution in [-0.2, 0) is 12.8 Å². The van der Waals surface area contributed by atoms with E-state index in [9.17, 15) is 4.79 Å². The van der Waals surface area contributed by atoms with Gasteiger partial charge in [-0.3, -0.25) is 4.79 Å². The predicted octanol–water partition coefficient (Wildman–Crippen LogP) is 2.09. The van der Waals surface area contributed by atoms with Gasteiger partial charge in [0.05, 0.1) is 5.69 Å². The summed E-state index contributed by atoms with van der Waals surface area (Å²) in [5.41, 5.74) is 2.61. The molecular weight excluding hydrogens is 330 g/mol. The monoisotopic (exact) mass is 353 g/mol. The molecule has 0 aromatic carbocycles. The Morgan fingerprint density at radius 3 is 2.81 bits per heavy atom. The Morgan fingerprint density at radius 1 is 1.19 bits per heavy atom. The maximum atomic E-state index is 12.4. The number of nitrogens with one attached hydrogen (secondary N) is 1. The van der Waals surface area contributed by atoms with Crippen molar-refractivity contribution >= 4 is 11.7 Å². The van der Waals surface area contributed by atoms with Crippen molar-refractivity contribution in [2.45, 2.75) is 44.4 Å². The van der Waals surface area contributed by atoms with Crippen molar-refractivity contribution in [3.8, 4) is 0 Å². The molecule has 3 heterocycles.